The topological polar surface area (TPSA) is 44.8 Å². The Morgan fingerprint density at radius 1 is 0.852 bits per heavy atom. The SMILES string of the molecule is CCCCCCC(OP(=O)(Oc1ccccc1)Oc1ccccc1)=C(F)F. The number of allylic oxidation sites excluding steroid dienone is 1. The number of unbranched alkanes of at least 4 members (excludes halogenated alkanes) is 3. The summed E-state index contributed by atoms with van der Waals surface area (Å²) in [6.07, 6.45) is 1.12. The predicted molar refractivity (Wildman–Crippen MR) is 101 cm³/mol. The van der Waals surface area contributed by atoms with E-state index in [1.165, 1.54) is 0 Å². The molecule has 0 unspecified atom stereocenters. The summed E-state index contributed by atoms with van der Waals surface area (Å²) in [5.74, 6) is -0.274. The fraction of sp³-hybridized carbons (Fsp3) is 0.300. The molecule has 2 rings (SSSR count). The van der Waals surface area contributed by atoms with Crippen LogP contribution in [0.3, 0.4) is 0 Å². The Bertz CT molecular complexity index is 717. The molecular formula is C20H23F2O4P. The van der Waals surface area contributed by atoms with Gasteiger partial charge in [-0.3, -0.25) is 0 Å². The fourth-order valence-corrected chi connectivity index (χ4v) is 3.60. The van der Waals surface area contributed by atoms with Gasteiger partial charge in [0.05, 0.1) is 0 Å². The summed E-state index contributed by atoms with van der Waals surface area (Å²) in [4.78, 5) is 0. The molecule has 0 heterocycles. The van der Waals surface area contributed by atoms with E-state index < -0.39 is 19.7 Å². The molecule has 0 aromatic heterocycles. The lowest BCUT2D eigenvalue weighted by Gasteiger charge is -2.20. The molecule has 2 aromatic rings. The molecular weight excluding hydrogens is 373 g/mol. The van der Waals surface area contributed by atoms with Crippen molar-refractivity contribution in [2.24, 2.45) is 0 Å². The van der Waals surface area contributed by atoms with Crippen molar-refractivity contribution >= 4 is 7.82 Å². The van der Waals surface area contributed by atoms with Gasteiger partial charge in [0.2, 0.25) is 0 Å². The van der Waals surface area contributed by atoms with Crippen LogP contribution in [0.1, 0.15) is 39.0 Å². The third-order valence-corrected chi connectivity index (χ3v) is 4.92. The van der Waals surface area contributed by atoms with Gasteiger partial charge < -0.3 is 13.6 Å². The molecule has 0 aliphatic carbocycles. The third kappa shape index (κ3) is 7.43. The lowest BCUT2D eigenvalue weighted by atomic mass is 10.1. The Kier molecular flexibility index (Phi) is 8.34. The van der Waals surface area contributed by atoms with E-state index in [0.717, 1.165) is 19.3 Å². The van der Waals surface area contributed by atoms with E-state index in [0.29, 0.717) is 6.42 Å². The van der Waals surface area contributed by atoms with Gasteiger partial charge in [-0.25, -0.2) is 0 Å². The highest BCUT2D eigenvalue weighted by atomic mass is 31.2. The van der Waals surface area contributed by atoms with E-state index in [1.807, 2.05) is 6.92 Å². The van der Waals surface area contributed by atoms with Crippen LogP contribution < -0.4 is 9.05 Å². The van der Waals surface area contributed by atoms with Gasteiger partial charge >= 0.3 is 13.9 Å². The zero-order valence-electron chi connectivity index (χ0n) is 15.1. The fourth-order valence-electron chi connectivity index (χ4n) is 2.30. The van der Waals surface area contributed by atoms with E-state index in [-0.39, 0.29) is 17.9 Å². The van der Waals surface area contributed by atoms with Crippen molar-refractivity contribution in [1.29, 1.82) is 0 Å². The van der Waals surface area contributed by atoms with Crippen molar-refractivity contribution in [3.05, 3.63) is 72.5 Å². The average Bonchev–Trinajstić information content (AvgIpc) is 2.65. The number of para-hydroxylation sites is 2. The second-order valence-corrected chi connectivity index (χ2v) is 7.28. The number of rotatable bonds is 11. The first-order valence-corrected chi connectivity index (χ1v) is 10.3. The number of phosphoric acid groups is 1. The number of hydrogen-bond acceptors (Lipinski definition) is 4. The van der Waals surface area contributed by atoms with Gasteiger partial charge in [-0.05, 0) is 30.7 Å². The minimum atomic E-state index is -4.37. The smallest absolute Gasteiger partial charge is 0.386 e. The molecule has 0 atom stereocenters. The molecule has 0 spiro atoms. The monoisotopic (exact) mass is 396 g/mol. The van der Waals surface area contributed by atoms with E-state index >= 15 is 0 Å². The van der Waals surface area contributed by atoms with Crippen LogP contribution in [-0.4, -0.2) is 0 Å². The van der Waals surface area contributed by atoms with Gasteiger partial charge in [-0.15, -0.1) is 0 Å². The van der Waals surface area contributed by atoms with Gasteiger partial charge in [0.1, 0.15) is 11.5 Å². The highest BCUT2D eigenvalue weighted by Gasteiger charge is 2.35. The molecule has 2 aromatic carbocycles. The lowest BCUT2D eigenvalue weighted by Crippen LogP contribution is -2.06. The summed E-state index contributed by atoms with van der Waals surface area (Å²) in [7, 11) is -4.37. The first kappa shape index (κ1) is 21.0. The first-order chi connectivity index (χ1) is 13.0. The summed E-state index contributed by atoms with van der Waals surface area (Å²) in [6.45, 7) is 2.03. The standard InChI is InChI=1S/C20H23F2O4P/c1-2-3-4-11-16-19(20(21)22)26-27(23,24-17-12-7-5-8-13-17)25-18-14-9-6-10-15-18/h5-10,12-15H,2-4,11,16H2,1H3. The van der Waals surface area contributed by atoms with Crippen LogP contribution in [-0.2, 0) is 9.09 Å². The second-order valence-electron chi connectivity index (χ2n) is 5.84. The zero-order chi connectivity index (χ0) is 19.5. The highest BCUT2D eigenvalue weighted by Crippen LogP contribution is 2.52. The summed E-state index contributed by atoms with van der Waals surface area (Å²) in [6, 6.07) is 16.3. The maximum absolute atomic E-state index is 13.3. The van der Waals surface area contributed by atoms with Crippen molar-refractivity contribution in [3.8, 4) is 11.5 Å². The lowest BCUT2D eigenvalue weighted by molar-refractivity contribution is 0.228. The van der Waals surface area contributed by atoms with Gasteiger partial charge in [0, 0.05) is 6.42 Å². The molecule has 0 aliphatic rings. The number of halogens is 2. The van der Waals surface area contributed by atoms with Gasteiger partial charge in [0.25, 0.3) is 0 Å². The summed E-state index contributed by atoms with van der Waals surface area (Å²) in [5, 5.41) is 0. The Balaban J connectivity index is 2.19. The minimum Gasteiger partial charge on any atom is -0.386 e. The number of phosphoric ester groups is 1. The Morgan fingerprint density at radius 3 is 1.81 bits per heavy atom. The molecule has 4 nitrogen and oxygen atoms in total. The van der Waals surface area contributed by atoms with E-state index in [4.69, 9.17) is 13.6 Å². The number of hydrogen-bond donors (Lipinski definition) is 0. The van der Waals surface area contributed by atoms with E-state index in [2.05, 4.69) is 0 Å². The van der Waals surface area contributed by atoms with Crippen LogP contribution in [0.2, 0.25) is 0 Å². The van der Waals surface area contributed by atoms with Crippen molar-refractivity contribution in [1.82, 2.24) is 0 Å². The van der Waals surface area contributed by atoms with Gasteiger partial charge in [0.15, 0.2) is 5.76 Å². The second kappa shape index (κ2) is 10.7. The van der Waals surface area contributed by atoms with Crippen LogP contribution in [0.5, 0.6) is 11.5 Å². The molecule has 27 heavy (non-hydrogen) atoms. The molecule has 0 fully saturated rings. The Hall–Kier alpha value is -2.33. The van der Waals surface area contributed by atoms with Crippen molar-refractivity contribution < 1.29 is 26.9 Å². The van der Waals surface area contributed by atoms with Crippen LogP contribution in [0.25, 0.3) is 0 Å². The maximum atomic E-state index is 13.3. The Morgan fingerprint density at radius 2 is 1.37 bits per heavy atom. The largest absolute Gasteiger partial charge is 0.646 e. The molecule has 0 radical (unpaired) electrons. The molecule has 0 saturated heterocycles. The Labute approximate surface area is 158 Å². The zero-order valence-corrected chi connectivity index (χ0v) is 16.0. The number of benzene rings is 2. The molecule has 0 bridgehead atoms. The molecule has 0 saturated carbocycles. The van der Waals surface area contributed by atoms with Crippen LogP contribution in [0, 0.1) is 0 Å². The van der Waals surface area contributed by atoms with Crippen LogP contribution >= 0.6 is 7.82 Å². The van der Waals surface area contributed by atoms with Crippen molar-refractivity contribution in [2.75, 3.05) is 0 Å². The molecule has 146 valence electrons. The van der Waals surface area contributed by atoms with Crippen molar-refractivity contribution in [2.45, 2.75) is 39.0 Å². The van der Waals surface area contributed by atoms with Gasteiger partial charge in [-0.1, -0.05) is 62.6 Å². The van der Waals surface area contributed by atoms with Crippen molar-refractivity contribution in [3.63, 3.8) is 0 Å². The minimum absolute atomic E-state index is 0.0391. The molecule has 7 heteroatoms. The maximum Gasteiger partial charge on any atom is 0.646 e. The molecule has 0 amide bonds. The van der Waals surface area contributed by atoms with Crippen LogP contribution in [0.4, 0.5) is 8.78 Å². The molecule has 0 aliphatic heterocycles. The van der Waals surface area contributed by atoms with Crippen LogP contribution in [0.15, 0.2) is 72.5 Å². The average molecular weight is 396 g/mol. The molecule has 0 N–H and O–H groups in total. The first-order valence-electron chi connectivity index (χ1n) is 8.85. The normalized spacial score (nSPS) is 10.9. The van der Waals surface area contributed by atoms with E-state index in [9.17, 15) is 13.3 Å². The third-order valence-electron chi connectivity index (χ3n) is 3.61. The summed E-state index contributed by atoms with van der Waals surface area (Å²) < 4.78 is 55.6. The highest BCUT2D eigenvalue weighted by molar-refractivity contribution is 7.49. The summed E-state index contributed by atoms with van der Waals surface area (Å²) >= 11 is 0. The van der Waals surface area contributed by atoms with E-state index in [1.54, 1.807) is 60.7 Å². The predicted octanol–water partition coefficient (Wildman–Crippen LogP) is 7.35. The van der Waals surface area contributed by atoms with Gasteiger partial charge in [-0.2, -0.15) is 13.3 Å². The quantitative estimate of drug-likeness (QED) is 0.226. The summed E-state index contributed by atoms with van der Waals surface area (Å²) in [5.41, 5.74) is 0.